The number of hydrogen-bond acceptors (Lipinski definition) is 1. The summed E-state index contributed by atoms with van der Waals surface area (Å²) in [5.41, 5.74) is 3.38. The molecule has 1 aromatic rings. The molecule has 0 amide bonds. The van der Waals surface area contributed by atoms with Crippen LogP contribution in [0.5, 0.6) is 0 Å². The average Bonchev–Trinajstić information content (AvgIpc) is 2.43. The maximum absolute atomic E-state index is 3.56. The summed E-state index contributed by atoms with van der Waals surface area (Å²) in [4.78, 5) is 0. The van der Waals surface area contributed by atoms with Gasteiger partial charge in [-0.25, -0.2) is 0 Å². The largest absolute Gasteiger partial charge is 0.316 e. The van der Waals surface area contributed by atoms with Crippen molar-refractivity contribution in [3.05, 3.63) is 35.4 Å². The number of nitrogens with one attached hydrogen (secondary N) is 1. The Morgan fingerprint density at radius 2 is 1.52 bits per heavy atom. The highest BCUT2D eigenvalue weighted by Gasteiger charge is 2.17. The van der Waals surface area contributed by atoms with E-state index < -0.39 is 0 Å². The van der Waals surface area contributed by atoms with Crippen molar-refractivity contribution in [2.24, 2.45) is 11.3 Å². The normalized spacial score (nSPS) is 12.1. The Morgan fingerprint density at radius 3 is 2.05 bits per heavy atom. The summed E-state index contributed by atoms with van der Waals surface area (Å²) in [6.45, 7) is 13.8. The van der Waals surface area contributed by atoms with Crippen molar-refractivity contribution in [1.29, 1.82) is 0 Å². The highest BCUT2D eigenvalue weighted by molar-refractivity contribution is 5.22. The molecule has 120 valence electrons. The van der Waals surface area contributed by atoms with E-state index in [2.05, 4.69) is 64.2 Å². The predicted molar refractivity (Wildman–Crippen MR) is 94.9 cm³/mol. The van der Waals surface area contributed by atoms with Crippen molar-refractivity contribution in [2.75, 3.05) is 13.1 Å². The molecule has 0 aliphatic rings. The summed E-state index contributed by atoms with van der Waals surface area (Å²) in [5, 5.41) is 3.56. The highest BCUT2D eigenvalue weighted by atomic mass is 14.8. The SMILES string of the molecule is CCCc1ccc(CCC(C)(C)CCNCC(C)C)cc1. The van der Waals surface area contributed by atoms with Gasteiger partial charge in [-0.05, 0) is 61.2 Å². The van der Waals surface area contributed by atoms with Crippen LogP contribution in [0, 0.1) is 11.3 Å². The lowest BCUT2D eigenvalue weighted by molar-refractivity contribution is 0.300. The minimum absolute atomic E-state index is 0.423. The van der Waals surface area contributed by atoms with E-state index in [4.69, 9.17) is 0 Å². The van der Waals surface area contributed by atoms with Gasteiger partial charge < -0.3 is 5.32 Å². The summed E-state index contributed by atoms with van der Waals surface area (Å²) in [6, 6.07) is 9.24. The van der Waals surface area contributed by atoms with Crippen LogP contribution in [-0.4, -0.2) is 13.1 Å². The summed E-state index contributed by atoms with van der Waals surface area (Å²) in [5.74, 6) is 0.745. The fourth-order valence-corrected chi connectivity index (χ4v) is 2.59. The second-order valence-electron chi connectivity index (χ2n) is 7.58. The van der Waals surface area contributed by atoms with Gasteiger partial charge in [0.15, 0.2) is 0 Å². The third-order valence-corrected chi connectivity index (χ3v) is 4.18. The lowest BCUT2D eigenvalue weighted by Gasteiger charge is -2.25. The van der Waals surface area contributed by atoms with Gasteiger partial charge in [-0.15, -0.1) is 0 Å². The molecule has 1 heteroatoms. The second kappa shape index (κ2) is 9.25. The molecule has 0 saturated carbocycles. The van der Waals surface area contributed by atoms with Gasteiger partial charge in [0.2, 0.25) is 0 Å². The van der Waals surface area contributed by atoms with Crippen LogP contribution < -0.4 is 5.32 Å². The summed E-state index contributed by atoms with van der Waals surface area (Å²) < 4.78 is 0. The van der Waals surface area contributed by atoms with Crippen LogP contribution in [0.25, 0.3) is 0 Å². The van der Waals surface area contributed by atoms with E-state index in [1.807, 2.05) is 0 Å². The van der Waals surface area contributed by atoms with Gasteiger partial charge in [-0.2, -0.15) is 0 Å². The zero-order chi connectivity index (χ0) is 15.7. The van der Waals surface area contributed by atoms with Gasteiger partial charge >= 0.3 is 0 Å². The molecule has 1 nitrogen and oxygen atoms in total. The topological polar surface area (TPSA) is 12.0 Å². The molecular formula is C20H35N. The number of hydrogen-bond donors (Lipinski definition) is 1. The molecule has 0 bridgehead atoms. The molecular weight excluding hydrogens is 254 g/mol. The second-order valence-corrected chi connectivity index (χ2v) is 7.58. The van der Waals surface area contributed by atoms with Crippen LogP contribution >= 0.6 is 0 Å². The molecule has 0 unspecified atom stereocenters. The fraction of sp³-hybridized carbons (Fsp3) is 0.700. The minimum Gasteiger partial charge on any atom is -0.316 e. The lowest BCUT2D eigenvalue weighted by atomic mass is 9.83. The maximum atomic E-state index is 3.56. The first-order valence-electron chi connectivity index (χ1n) is 8.71. The first-order valence-corrected chi connectivity index (χ1v) is 8.71. The maximum Gasteiger partial charge on any atom is -0.00258 e. The van der Waals surface area contributed by atoms with Gasteiger partial charge in [-0.3, -0.25) is 0 Å². The molecule has 1 rings (SSSR count). The lowest BCUT2D eigenvalue weighted by Crippen LogP contribution is -2.25. The molecule has 0 radical (unpaired) electrons. The predicted octanol–water partition coefficient (Wildman–Crippen LogP) is 5.23. The zero-order valence-electron chi connectivity index (χ0n) is 14.8. The first-order chi connectivity index (χ1) is 9.93. The van der Waals surface area contributed by atoms with Crippen LogP contribution in [0.15, 0.2) is 24.3 Å². The van der Waals surface area contributed by atoms with Crippen molar-refractivity contribution >= 4 is 0 Å². The Bertz CT molecular complexity index is 375. The van der Waals surface area contributed by atoms with E-state index in [9.17, 15) is 0 Å². The zero-order valence-corrected chi connectivity index (χ0v) is 14.8. The van der Waals surface area contributed by atoms with Crippen LogP contribution in [0.2, 0.25) is 0 Å². The molecule has 0 heterocycles. The number of rotatable bonds is 10. The summed E-state index contributed by atoms with van der Waals surface area (Å²) in [6.07, 6.45) is 6.16. The molecule has 0 aliphatic heterocycles. The smallest absolute Gasteiger partial charge is 0.00258 e. The van der Waals surface area contributed by atoms with Gasteiger partial charge in [0.25, 0.3) is 0 Å². The van der Waals surface area contributed by atoms with E-state index in [1.165, 1.54) is 43.2 Å². The molecule has 1 aromatic carbocycles. The van der Waals surface area contributed by atoms with Crippen molar-refractivity contribution < 1.29 is 0 Å². The monoisotopic (exact) mass is 289 g/mol. The molecule has 0 fully saturated rings. The first kappa shape index (κ1) is 18.2. The Balaban J connectivity index is 2.31. The fourth-order valence-electron chi connectivity index (χ4n) is 2.59. The summed E-state index contributed by atoms with van der Waals surface area (Å²) in [7, 11) is 0. The van der Waals surface area contributed by atoms with Gasteiger partial charge in [0, 0.05) is 0 Å². The van der Waals surface area contributed by atoms with E-state index in [-0.39, 0.29) is 0 Å². The Labute approximate surface area is 132 Å². The van der Waals surface area contributed by atoms with Crippen LogP contribution in [0.4, 0.5) is 0 Å². The molecule has 0 spiro atoms. The Hall–Kier alpha value is -0.820. The highest BCUT2D eigenvalue weighted by Crippen LogP contribution is 2.26. The van der Waals surface area contributed by atoms with Crippen molar-refractivity contribution in [2.45, 2.75) is 66.7 Å². The van der Waals surface area contributed by atoms with E-state index >= 15 is 0 Å². The van der Waals surface area contributed by atoms with Crippen molar-refractivity contribution in [3.63, 3.8) is 0 Å². The van der Waals surface area contributed by atoms with E-state index in [0.717, 1.165) is 19.0 Å². The number of benzene rings is 1. The molecule has 0 aromatic heterocycles. The third-order valence-electron chi connectivity index (χ3n) is 4.18. The summed E-state index contributed by atoms with van der Waals surface area (Å²) >= 11 is 0. The van der Waals surface area contributed by atoms with Crippen LogP contribution in [-0.2, 0) is 12.8 Å². The van der Waals surface area contributed by atoms with E-state index in [1.54, 1.807) is 0 Å². The Kier molecular flexibility index (Phi) is 8.03. The van der Waals surface area contributed by atoms with Crippen molar-refractivity contribution in [3.8, 4) is 0 Å². The van der Waals surface area contributed by atoms with Crippen molar-refractivity contribution in [1.82, 2.24) is 5.32 Å². The number of aryl methyl sites for hydroxylation is 2. The Morgan fingerprint density at radius 1 is 0.952 bits per heavy atom. The van der Waals surface area contributed by atoms with Gasteiger partial charge in [-0.1, -0.05) is 65.3 Å². The quantitative estimate of drug-likeness (QED) is 0.581. The van der Waals surface area contributed by atoms with Gasteiger partial charge in [0.1, 0.15) is 0 Å². The van der Waals surface area contributed by atoms with Crippen LogP contribution in [0.1, 0.15) is 65.0 Å². The molecule has 0 aliphatic carbocycles. The third kappa shape index (κ3) is 8.26. The standard InChI is InChI=1S/C20H35N/c1-6-7-18-8-10-19(11-9-18)12-13-20(4,5)14-15-21-16-17(2)3/h8-11,17,21H,6-7,12-16H2,1-5H3. The minimum atomic E-state index is 0.423. The van der Waals surface area contributed by atoms with Crippen LogP contribution in [0.3, 0.4) is 0 Å². The molecule has 1 N–H and O–H groups in total. The molecule has 0 saturated heterocycles. The van der Waals surface area contributed by atoms with E-state index in [0.29, 0.717) is 5.41 Å². The molecule has 0 atom stereocenters. The van der Waals surface area contributed by atoms with Gasteiger partial charge in [0.05, 0.1) is 0 Å². The molecule has 21 heavy (non-hydrogen) atoms. The average molecular weight is 290 g/mol.